The van der Waals surface area contributed by atoms with E-state index in [2.05, 4.69) is 9.97 Å². The molecule has 5 nitrogen and oxygen atoms in total. The number of aliphatic hydroxyl groups is 1. The minimum atomic E-state index is -0.617. The number of ether oxygens (including phenoxy) is 2. The summed E-state index contributed by atoms with van der Waals surface area (Å²) in [6.07, 6.45) is 7.88. The summed E-state index contributed by atoms with van der Waals surface area (Å²) < 4.78 is 10.2. The van der Waals surface area contributed by atoms with Gasteiger partial charge in [0.15, 0.2) is 0 Å². The SMILES string of the molecule is COc1cnc(C(O)CCC2CCCC2)c(OC)n1. The van der Waals surface area contributed by atoms with Crippen molar-refractivity contribution in [2.24, 2.45) is 5.92 Å². The van der Waals surface area contributed by atoms with Crippen LogP contribution < -0.4 is 9.47 Å². The van der Waals surface area contributed by atoms with Gasteiger partial charge in [0.1, 0.15) is 11.8 Å². The summed E-state index contributed by atoms with van der Waals surface area (Å²) in [5.74, 6) is 1.49. The summed E-state index contributed by atoms with van der Waals surface area (Å²) in [6.45, 7) is 0. The van der Waals surface area contributed by atoms with Crippen molar-refractivity contribution in [3.8, 4) is 11.8 Å². The van der Waals surface area contributed by atoms with Crippen molar-refractivity contribution in [2.75, 3.05) is 14.2 Å². The molecular formula is C14H22N2O3. The molecule has 1 saturated carbocycles. The van der Waals surface area contributed by atoms with Crippen molar-refractivity contribution >= 4 is 0 Å². The van der Waals surface area contributed by atoms with Crippen molar-refractivity contribution in [1.82, 2.24) is 9.97 Å². The summed E-state index contributed by atoms with van der Waals surface area (Å²) in [7, 11) is 3.05. The number of aromatic nitrogens is 2. The Morgan fingerprint density at radius 2 is 2.05 bits per heavy atom. The monoisotopic (exact) mass is 266 g/mol. The highest BCUT2D eigenvalue weighted by atomic mass is 16.5. The third-order valence-electron chi connectivity index (χ3n) is 3.79. The third kappa shape index (κ3) is 3.56. The van der Waals surface area contributed by atoms with Crippen molar-refractivity contribution in [1.29, 1.82) is 0 Å². The van der Waals surface area contributed by atoms with E-state index in [4.69, 9.17) is 9.47 Å². The van der Waals surface area contributed by atoms with Gasteiger partial charge in [-0.3, -0.25) is 0 Å². The molecule has 0 aliphatic heterocycles. The van der Waals surface area contributed by atoms with Gasteiger partial charge in [-0.2, -0.15) is 4.98 Å². The molecule has 0 spiro atoms. The van der Waals surface area contributed by atoms with Gasteiger partial charge < -0.3 is 14.6 Å². The fourth-order valence-corrected chi connectivity index (χ4v) is 2.67. The van der Waals surface area contributed by atoms with Gasteiger partial charge in [-0.05, 0) is 18.8 Å². The van der Waals surface area contributed by atoms with Crippen LogP contribution in [-0.4, -0.2) is 29.3 Å². The maximum absolute atomic E-state index is 10.2. The fourth-order valence-electron chi connectivity index (χ4n) is 2.67. The predicted octanol–water partition coefficient (Wildman–Crippen LogP) is 2.50. The van der Waals surface area contributed by atoms with Gasteiger partial charge in [-0.1, -0.05) is 25.7 Å². The average Bonchev–Trinajstić information content (AvgIpc) is 2.97. The van der Waals surface area contributed by atoms with Crippen LogP contribution in [0.5, 0.6) is 11.8 Å². The summed E-state index contributed by atoms with van der Waals surface area (Å²) in [5, 5.41) is 10.2. The van der Waals surface area contributed by atoms with Crippen LogP contribution in [-0.2, 0) is 0 Å². The first kappa shape index (κ1) is 14.1. The smallest absolute Gasteiger partial charge is 0.241 e. The Bertz CT molecular complexity index is 406. The molecule has 1 unspecified atom stereocenters. The van der Waals surface area contributed by atoms with Gasteiger partial charge >= 0.3 is 0 Å². The molecule has 0 amide bonds. The van der Waals surface area contributed by atoms with Crippen LogP contribution in [0, 0.1) is 5.92 Å². The Morgan fingerprint density at radius 1 is 1.32 bits per heavy atom. The van der Waals surface area contributed by atoms with Gasteiger partial charge in [0.2, 0.25) is 11.8 Å². The molecule has 1 aromatic rings. The molecule has 1 aromatic heterocycles. The maximum atomic E-state index is 10.2. The standard InChI is InChI=1S/C14H22N2O3/c1-18-12-9-15-13(14(16-12)19-2)11(17)8-7-10-5-3-4-6-10/h9-11,17H,3-8H2,1-2H3. The lowest BCUT2D eigenvalue weighted by molar-refractivity contribution is 0.147. The van der Waals surface area contributed by atoms with Gasteiger partial charge in [0.25, 0.3) is 0 Å². The molecule has 1 heterocycles. The van der Waals surface area contributed by atoms with Crippen LogP contribution in [0.15, 0.2) is 6.20 Å². The summed E-state index contributed by atoms with van der Waals surface area (Å²) >= 11 is 0. The topological polar surface area (TPSA) is 64.5 Å². The van der Waals surface area contributed by atoms with Crippen LogP contribution in [0.4, 0.5) is 0 Å². The molecule has 0 radical (unpaired) electrons. The molecule has 5 heteroatoms. The lowest BCUT2D eigenvalue weighted by Crippen LogP contribution is -2.07. The Hall–Kier alpha value is -1.36. The second kappa shape index (κ2) is 6.70. The van der Waals surface area contributed by atoms with Gasteiger partial charge in [0, 0.05) is 0 Å². The van der Waals surface area contributed by atoms with E-state index in [-0.39, 0.29) is 0 Å². The van der Waals surface area contributed by atoms with E-state index in [0.717, 1.165) is 12.3 Å². The van der Waals surface area contributed by atoms with E-state index >= 15 is 0 Å². The van der Waals surface area contributed by atoms with Crippen molar-refractivity contribution in [2.45, 2.75) is 44.6 Å². The largest absolute Gasteiger partial charge is 0.480 e. The predicted molar refractivity (Wildman–Crippen MR) is 71.3 cm³/mol. The lowest BCUT2D eigenvalue weighted by Gasteiger charge is -2.15. The number of rotatable bonds is 6. The zero-order valence-electron chi connectivity index (χ0n) is 11.6. The number of aliphatic hydroxyl groups excluding tert-OH is 1. The van der Waals surface area contributed by atoms with Crippen LogP contribution in [0.2, 0.25) is 0 Å². The summed E-state index contributed by atoms with van der Waals surface area (Å²) in [5.41, 5.74) is 0.501. The highest BCUT2D eigenvalue weighted by Gasteiger charge is 2.21. The van der Waals surface area contributed by atoms with E-state index in [9.17, 15) is 5.11 Å². The normalized spacial score (nSPS) is 17.4. The van der Waals surface area contributed by atoms with E-state index in [1.54, 1.807) is 0 Å². The molecular weight excluding hydrogens is 244 g/mol. The van der Waals surface area contributed by atoms with Gasteiger partial charge in [0.05, 0.1) is 20.4 Å². The minimum Gasteiger partial charge on any atom is -0.480 e. The molecule has 1 fully saturated rings. The molecule has 1 N–H and O–H groups in total. The fraction of sp³-hybridized carbons (Fsp3) is 0.714. The van der Waals surface area contributed by atoms with E-state index < -0.39 is 6.10 Å². The van der Waals surface area contributed by atoms with Gasteiger partial charge in [-0.25, -0.2) is 4.98 Å². The molecule has 2 rings (SSSR count). The quantitative estimate of drug-likeness (QED) is 0.857. The molecule has 0 bridgehead atoms. The first-order chi connectivity index (χ1) is 9.24. The second-order valence-corrected chi connectivity index (χ2v) is 5.05. The molecule has 0 aromatic carbocycles. The van der Waals surface area contributed by atoms with Crippen LogP contribution in [0.1, 0.15) is 50.3 Å². The van der Waals surface area contributed by atoms with Crippen LogP contribution in [0.25, 0.3) is 0 Å². The third-order valence-corrected chi connectivity index (χ3v) is 3.79. The Balaban J connectivity index is 1.98. The summed E-state index contributed by atoms with van der Waals surface area (Å²) in [4.78, 5) is 8.35. The molecule has 1 atom stereocenters. The Morgan fingerprint density at radius 3 is 2.68 bits per heavy atom. The molecule has 1 aliphatic carbocycles. The first-order valence-electron chi connectivity index (χ1n) is 6.87. The summed E-state index contributed by atoms with van der Waals surface area (Å²) in [6, 6.07) is 0. The van der Waals surface area contributed by atoms with Gasteiger partial charge in [-0.15, -0.1) is 0 Å². The zero-order chi connectivity index (χ0) is 13.7. The maximum Gasteiger partial charge on any atom is 0.241 e. The minimum absolute atomic E-state index is 0.346. The van der Waals surface area contributed by atoms with E-state index in [0.29, 0.717) is 23.9 Å². The Labute approximate surface area is 114 Å². The number of hydrogen-bond acceptors (Lipinski definition) is 5. The molecule has 106 valence electrons. The lowest BCUT2D eigenvalue weighted by atomic mass is 9.98. The van der Waals surface area contributed by atoms with E-state index in [1.165, 1.54) is 46.1 Å². The molecule has 1 aliphatic rings. The van der Waals surface area contributed by atoms with Crippen molar-refractivity contribution in [3.05, 3.63) is 11.9 Å². The van der Waals surface area contributed by atoms with Crippen molar-refractivity contribution < 1.29 is 14.6 Å². The number of methoxy groups -OCH3 is 2. The first-order valence-corrected chi connectivity index (χ1v) is 6.87. The number of nitrogens with zero attached hydrogens (tertiary/aromatic N) is 2. The Kier molecular flexibility index (Phi) is 4.96. The molecule has 0 saturated heterocycles. The molecule has 19 heavy (non-hydrogen) atoms. The zero-order valence-corrected chi connectivity index (χ0v) is 11.6. The number of hydrogen-bond donors (Lipinski definition) is 1. The van der Waals surface area contributed by atoms with Crippen LogP contribution >= 0.6 is 0 Å². The highest BCUT2D eigenvalue weighted by Crippen LogP contribution is 2.32. The van der Waals surface area contributed by atoms with E-state index in [1.807, 2.05) is 0 Å². The second-order valence-electron chi connectivity index (χ2n) is 5.05. The van der Waals surface area contributed by atoms with Crippen molar-refractivity contribution in [3.63, 3.8) is 0 Å². The van der Waals surface area contributed by atoms with Crippen LogP contribution in [0.3, 0.4) is 0 Å². The average molecular weight is 266 g/mol. The highest BCUT2D eigenvalue weighted by molar-refractivity contribution is 5.24.